The second-order valence-electron chi connectivity index (χ2n) is 3.81. The first kappa shape index (κ1) is 9.84. The molecular weight excluding hydrogens is 214 g/mol. The molecule has 4 heteroatoms. The minimum atomic E-state index is -0.324. The lowest BCUT2D eigenvalue weighted by Crippen LogP contribution is -2.35. The Morgan fingerprint density at radius 3 is 2.76 bits per heavy atom. The Labute approximate surface area is 97.4 Å². The fourth-order valence-corrected chi connectivity index (χ4v) is 1.87. The number of hydrogen-bond acceptors (Lipinski definition) is 3. The van der Waals surface area contributed by atoms with E-state index in [-0.39, 0.29) is 11.8 Å². The number of carbonyl (C=O) groups excluding carboxylic acids is 1. The zero-order valence-electron chi connectivity index (χ0n) is 8.95. The van der Waals surface area contributed by atoms with Gasteiger partial charge in [-0.25, -0.2) is 9.97 Å². The number of nitrogens with zero attached hydrogens (tertiary/aromatic N) is 3. The van der Waals surface area contributed by atoms with E-state index in [4.69, 9.17) is 0 Å². The molecule has 0 fully saturated rings. The van der Waals surface area contributed by atoms with E-state index in [2.05, 4.69) is 15.0 Å². The Kier molecular flexibility index (Phi) is 2.26. The van der Waals surface area contributed by atoms with E-state index in [0.29, 0.717) is 5.49 Å². The summed E-state index contributed by atoms with van der Waals surface area (Å²) in [6, 6.07) is 9.58. The molecule has 0 aliphatic carbocycles. The molecule has 17 heavy (non-hydrogen) atoms. The third-order valence-electron chi connectivity index (χ3n) is 2.71. The van der Waals surface area contributed by atoms with Gasteiger partial charge in [0.25, 0.3) is 5.91 Å². The van der Waals surface area contributed by atoms with Gasteiger partial charge in [-0.3, -0.25) is 4.79 Å². The van der Waals surface area contributed by atoms with Crippen LogP contribution in [0.2, 0.25) is 0 Å². The molecule has 1 atom stereocenters. The maximum atomic E-state index is 11.9. The maximum absolute atomic E-state index is 11.9. The van der Waals surface area contributed by atoms with Gasteiger partial charge in [0.2, 0.25) is 0 Å². The summed E-state index contributed by atoms with van der Waals surface area (Å²) in [6.45, 7) is 0. The molecule has 0 saturated carbocycles. The normalized spacial score (nSPS) is 17.9. The van der Waals surface area contributed by atoms with Crippen molar-refractivity contribution in [1.82, 2.24) is 9.97 Å². The van der Waals surface area contributed by atoms with E-state index in [0.717, 1.165) is 10.8 Å². The van der Waals surface area contributed by atoms with Gasteiger partial charge in [-0.1, -0.05) is 36.4 Å². The Balaban J connectivity index is 2.17. The molecule has 3 rings (SSSR count). The predicted octanol–water partition coefficient (Wildman–Crippen LogP) is 0.201. The molecule has 2 aromatic rings. The molecule has 0 spiro atoms. The van der Waals surface area contributed by atoms with Gasteiger partial charge < -0.3 is 0 Å². The molecule has 1 aromatic heterocycles. The van der Waals surface area contributed by atoms with Crippen LogP contribution in [0.25, 0.3) is 6.08 Å². The molecular formula is C13H9N3O. The summed E-state index contributed by atoms with van der Waals surface area (Å²) in [5, 5.41) is 0.806. The van der Waals surface area contributed by atoms with E-state index < -0.39 is 0 Å². The molecule has 1 aliphatic rings. The van der Waals surface area contributed by atoms with E-state index in [1.807, 2.05) is 36.4 Å². The Morgan fingerprint density at radius 2 is 1.94 bits per heavy atom. The number of rotatable bonds is 1. The lowest BCUT2D eigenvalue weighted by molar-refractivity contribution is -0.118. The van der Waals surface area contributed by atoms with Gasteiger partial charge >= 0.3 is 0 Å². The summed E-state index contributed by atoms with van der Waals surface area (Å²) in [7, 11) is 0. The average molecular weight is 223 g/mol. The first-order chi connectivity index (χ1) is 8.34. The molecule has 0 saturated heterocycles. The van der Waals surface area contributed by atoms with Gasteiger partial charge in [-0.2, -0.15) is 4.99 Å². The maximum Gasteiger partial charge on any atom is 0.259 e. The van der Waals surface area contributed by atoms with Crippen molar-refractivity contribution in [1.29, 1.82) is 0 Å². The van der Waals surface area contributed by atoms with Crippen molar-refractivity contribution < 1.29 is 4.79 Å². The molecule has 1 amide bonds. The second kappa shape index (κ2) is 3.90. The van der Waals surface area contributed by atoms with Gasteiger partial charge in [0.1, 0.15) is 6.33 Å². The van der Waals surface area contributed by atoms with Gasteiger partial charge in [-0.05, 0) is 5.56 Å². The van der Waals surface area contributed by atoms with E-state index >= 15 is 0 Å². The molecule has 0 N–H and O–H groups in total. The highest BCUT2D eigenvalue weighted by Gasteiger charge is 2.20. The van der Waals surface area contributed by atoms with Crippen molar-refractivity contribution in [2.45, 2.75) is 5.92 Å². The first-order valence-corrected chi connectivity index (χ1v) is 5.30. The van der Waals surface area contributed by atoms with Crippen LogP contribution in [0.15, 0.2) is 47.8 Å². The van der Waals surface area contributed by atoms with Crippen molar-refractivity contribution in [2.75, 3.05) is 0 Å². The predicted molar refractivity (Wildman–Crippen MR) is 61.5 cm³/mol. The van der Waals surface area contributed by atoms with Gasteiger partial charge in [0.15, 0.2) is 5.49 Å². The second-order valence-corrected chi connectivity index (χ2v) is 3.81. The summed E-state index contributed by atoms with van der Waals surface area (Å²) in [5.74, 6) is -0.503. The standard InChI is InChI=1S/C13H9N3O/c17-13-11(9-4-2-1-3-5-9)6-10-7-14-8-15-12(10)16-13/h1-8,11H. The van der Waals surface area contributed by atoms with Gasteiger partial charge in [0.05, 0.1) is 5.92 Å². The summed E-state index contributed by atoms with van der Waals surface area (Å²) in [5.41, 5.74) is 1.40. The van der Waals surface area contributed by atoms with E-state index in [1.165, 1.54) is 6.33 Å². The van der Waals surface area contributed by atoms with Crippen molar-refractivity contribution in [2.24, 2.45) is 4.99 Å². The van der Waals surface area contributed by atoms with Crippen LogP contribution in [0, 0.1) is 0 Å². The Hall–Kier alpha value is -2.36. The lowest BCUT2D eigenvalue weighted by atomic mass is 9.96. The fraction of sp³-hybridized carbons (Fsp3) is 0.0769. The van der Waals surface area contributed by atoms with Crippen LogP contribution in [-0.2, 0) is 4.79 Å². The van der Waals surface area contributed by atoms with Crippen LogP contribution in [0.3, 0.4) is 0 Å². The monoisotopic (exact) mass is 223 g/mol. The van der Waals surface area contributed by atoms with Crippen LogP contribution in [0.5, 0.6) is 0 Å². The third kappa shape index (κ3) is 1.73. The van der Waals surface area contributed by atoms with Crippen LogP contribution in [-0.4, -0.2) is 15.9 Å². The number of benzene rings is 1. The van der Waals surface area contributed by atoms with Crippen molar-refractivity contribution >= 4 is 12.0 Å². The molecule has 1 unspecified atom stereocenters. The fourth-order valence-electron chi connectivity index (χ4n) is 1.87. The smallest absolute Gasteiger partial charge is 0.259 e. The SMILES string of the molecule is O=C1N=c2ncncc2=CC1c1ccccc1. The topological polar surface area (TPSA) is 55.2 Å². The van der Waals surface area contributed by atoms with E-state index in [9.17, 15) is 4.79 Å². The van der Waals surface area contributed by atoms with Crippen molar-refractivity contribution in [3.63, 3.8) is 0 Å². The molecule has 0 radical (unpaired) electrons. The molecule has 2 heterocycles. The average Bonchev–Trinajstić information content (AvgIpc) is 2.39. The molecule has 4 nitrogen and oxygen atoms in total. The third-order valence-corrected chi connectivity index (χ3v) is 2.71. The van der Waals surface area contributed by atoms with Crippen LogP contribution in [0.1, 0.15) is 11.5 Å². The minimum Gasteiger partial charge on any atom is -0.271 e. The van der Waals surface area contributed by atoms with E-state index in [1.54, 1.807) is 6.20 Å². The summed E-state index contributed by atoms with van der Waals surface area (Å²) >= 11 is 0. The minimum absolute atomic E-state index is 0.178. The Bertz CT molecular complexity index is 679. The van der Waals surface area contributed by atoms with Crippen LogP contribution < -0.4 is 10.7 Å². The lowest BCUT2D eigenvalue weighted by Gasteiger charge is -2.11. The molecule has 1 aromatic carbocycles. The molecule has 0 bridgehead atoms. The molecule has 82 valence electrons. The highest BCUT2D eigenvalue weighted by molar-refractivity contribution is 5.91. The largest absolute Gasteiger partial charge is 0.271 e. The summed E-state index contributed by atoms with van der Waals surface area (Å²) < 4.78 is 0. The quantitative estimate of drug-likeness (QED) is 0.694. The number of hydrogen-bond donors (Lipinski definition) is 0. The number of amides is 1. The number of fused-ring (bicyclic) bond motifs is 1. The Morgan fingerprint density at radius 1 is 1.12 bits per heavy atom. The zero-order chi connectivity index (χ0) is 11.7. The zero-order valence-corrected chi connectivity index (χ0v) is 8.95. The van der Waals surface area contributed by atoms with Crippen LogP contribution >= 0.6 is 0 Å². The van der Waals surface area contributed by atoms with Crippen molar-refractivity contribution in [3.05, 3.63) is 59.1 Å². The highest BCUT2D eigenvalue weighted by Crippen LogP contribution is 2.19. The van der Waals surface area contributed by atoms with Gasteiger partial charge in [-0.15, -0.1) is 0 Å². The summed E-state index contributed by atoms with van der Waals surface area (Å²) in [6.07, 6.45) is 4.93. The van der Waals surface area contributed by atoms with Crippen LogP contribution in [0.4, 0.5) is 0 Å². The number of aromatic nitrogens is 2. The molecule has 1 aliphatic heterocycles. The first-order valence-electron chi connectivity index (χ1n) is 5.30. The number of carbonyl (C=O) groups is 1. The van der Waals surface area contributed by atoms with Crippen molar-refractivity contribution in [3.8, 4) is 0 Å². The van der Waals surface area contributed by atoms with Gasteiger partial charge in [0, 0.05) is 11.4 Å². The summed E-state index contributed by atoms with van der Waals surface area (Å²) in [4.78, 5) is 23.8. The highest BCUT2D eigenvalue weighted by atomic mass is 16.1.